The highest BCUT2D eigenvalue weighted by Crippen LogP contribution is 2.20. The van der Waals surface area contributed by atoms with E-state index < -0.39 is 5.41 Å². The summed E-state index contributed by atoms with van der Waals surface area (Å²) in [7, 11) is 0. The molecule has 0 rings (SSSR count). The van der Waals surface area contributed by atoms with Crippen LogP contribution < -0.4 is 5.32 Å². The van der Waals surface area contributed by atoms with E-state index in [0.29, 0.717) is 6.42 Å². The third kappa shape index (κ3) is 5.21. The second kappa shape index (κ2) is 8.11. The molecule has 1 N–H and O–H groups in total. The van der Waals surface area contributed by atoms with Crippen molar-refractivity contribution in [1.82, 2.24) is 5.32 Å². The molecule has 0 fully saturated rings. The molecule has 0 aliphatic carbocycles. The van der Waals surface area contributed by atoms with Gasteiger partial charge in [-0.05, 0) is 26.2 Å². The van der Waals surface area contributed by atoms with Crippen LogP contribution in [0.3, 0.4) is 0 Å². The number of carbonyl (C=O) groups excluding carboxylic acids is 1. The Labute approximate surface area is 106 Å². The first-order chi connectivity index (χ1) is 8.03. The molecule has 2 unspecified atom stereocenters. The number of hydrogen-bond donors (Lipinski definition) is 1. The summed E-state index contributed by atoms with van der Waals surface area (Å²) in [5.41, 5.74) is -0.877. The van der Waals surface area contributed by atoms with Crippen LogP contribution in [0.15, 0.2) is 0 Å². The van der Waals surface area contributed by atoms with Crippen LogP contribution in [0.2, 0.25) is 0 Å². The Morgan fingerprint density at radius 2 is 1.94 bits per heavy atom. The maximum atomic E-state index is 12.0. The van der Waals surface area contributed by atoms with Gasteiger partial charge >= 0.3 is 0 Å². The lowest BCUT2D eigenvalue weighted by molar-refractivity contribution is -0.128. The second-order valence-corrected chi connectivity index (χ2v) is 4.90. The number of nitrogens with zero attached hydrogens (tertiary/aromatic N) is 1. The first-order valence-electron chi connectivity index (χ1n) is 6.76. The first-order valence-corrected chi connectivity index (χ1v) is 6.76. The molecule has 0 spiro atoms. The lowest BCUT2D eigenvalue weighted by Gasteiger charge is -2.24. The molecular formula is C14H26N2O. The van der Waals surface area contributed by atoms with Gasteiger partial charge in [0.1, 0.15) is 5.41 Å². The van der Waals surface area contributed by atoms with Crippen molar-refractivity contribution in [1.29, 1.82) is 5.26 Å². The zero-order valence-corrected chi connectivity index (χ0v) is 11.7. The molecule has 0 saturated heterocycles. The van der Waals surface area contributed by atoms with Gasteiger partial charge in [0.15, 0.2) is 0 Å². The highest BCUT2D eigenvalue weighted by atomic mass is 16.2. The van der Waals surface area contributed by atoms with Gasteiger partial charge < -0.3 is 5.32 Å². The molecule has 0 aliphatic heterocycles. The fourth-order valence-electron chi connectivity index (χ4n) is 1.72. The third-order valence-corrected chi connectivity index (χ3v) is 3.33. The Kier molecular flexibility index (Phi) is 7.61. The van der Waals surface area contributed by atoms with Crippen molar-refractivity contribution in [3.8, 4) is 6.07 Å². The Bertz CT molecular complexity index is 270. The molecule has 0 aromatic carbocycles. The van der Waals surface area contributed by atoms with Gasteiger partial charge in [-0.15, -0.1) is 0 Å². The summed E-state index contributed by atoms with van der Waals surface area (Å²) in [4.78, 5) is 12.0. The van der Waals surface area contributed by atoms with Crippen molar-refractivity contribution in [3.05, 3.63) is 0 Å². The summed E-state index contributed by atoms with van der Waals surface area (Å²) < 4.78 is 0. The molecule has 98 valence electrons. The molecule has 17 heavy (non-hydrogen) atoms. The van der Waals surface area contributed by atoms with Gasteiger partial charge in [-0.1, -0.05) is 40.0 Å². The molecule has 0 bridgehead atoms. The van der Waals surface area contributed by atoms with Gasteiger partial charge in [0.05, 0.1) is 6.07 Å². The maximum absolute atomic E-state index is 12.0. The monoisotopic (exact) mass is 238 g/mol. The summed E-state index contributed by atoms with van der Waals surface area (Å²) in [6.07, 6.45) is 5.89. The number of rotatable bonds is 8. The lowest BCUT2D eigenvalue weighted by atomic mass is 9.88. The van der Waals surface area contributed by atoms with E-state index in [1.54, 1.807) is 6.92 Å². The fourth-order valence-corrected chi connectivity index (χ4v) is 1.72. The second-order valence-electron chi connectivity index (χ2n) is 4.90. The van der Waals surface area contributed by atoms with Crippen molar-refractivity contribution in [2.45, 2.75) is 72.3 Å². The topological polar surface area (TPSA) is 52.9 Å². The molecule has 2 atom stereocenters. The number of hydrogen-bond acceptors (Lipinski definition) is 2. The molecule has 0 aromatic rings. The van der Waals surface area contributed by atoms with Crippen LogP contribution in [0, 0.1) is 16.7 Å². The molecule has 1 amide bonds. The van der Waals surface area contributed by atoms with Crippen LogP contribution in [-0.4, -0.2) is 11.9 Å². The predicted octanol–water partition coefficient (Wildman–Crippen LogP) is 3.40. The number of unbranched alkanes of at least 4 members (excludes halogenated alkanes) is 1. The van der Waals surface area contributed by atoms with Gasteiger partial charge in [0.25, 0.3) is 0 Å². The molecular weight excluding hydrogens is 212 g/mol. The van der Waals surface area contributed by atoms with Gasteiger partial charge in [0.2, 0.25) is 5.91 Å². The molecule has 0 heterocycles. The van der Waals surface area contributed by atoms with E-state index in [-0.39, 0.29) is 11.9 Å². The van der Waals surface area contributed by atoms with Gasteiger partial charge in [-0.3, -0.25) is 4.79 Å². The molecule has 3 heteroatoms. The molecule has 0 aliphatic rings. The minimum Gasteiger partial charge on any atom is -0.352 e. The summed E-state index contributed by atoms with van der Waals surface area (Å²) in [5.74, 6) is -0.114. The van der Waals surface area contributed by atoms with Crippen molar-refractivity contribution in [2.75, 3.05) is 0 Å². The summed E-state index contributed by atoms with van der Waals surface area (Å²) in [6.45, 7) is 7.86. The summed E-state index contributed by atoms with van der Waals surface area (Å²) >= 11 is 0. The zero-order chi connectivity index (χ0) is 13.3. The standard InChI is InChI=1S/C14H26N2O/c1-5-8-10-12(9-6-2)16-13(17)14(4,7-3)11-15/h12H,5-10H2,1-4H3,(H,16,17). The molecule has 0 aromatic heterocycles. The Hall–Kier alpha value is -1.04. The molecule has 0 saturated carbocycles. The highest BCUT2D eigenvalue weighted by Gasteiger charge is 2.32. The smallest absolute Gasteiger partial charge is 0.240 e. The fraction of sp³-hybridized carbons (Fsp3) is 0.857. The lowest BCUT2D eigenvalue weighted by Crippen LogP contribution is -2.43. The van der Waals surface area contributed by atoms with E-state index in [9.17, 15) is 4.79 Å². The van der Waals surface area contributed by atoms with E-state index in [4.69, 9.17) is 5.26 Å². The minimum atomic E-state index is -0.877. The number of carbonyl (C=O) groups is 1. The quantitative estimate of drug-likeness (QED) is 0.704. The normalized spacial score (nSPS) is 15.7. The minimum absolute atomic E-state index is 0.114. The Morgan fingerprint density at radius 1 is 1.29 bits per heavy atom. The van der Waals surface area contributed by atoms with E-state index >= 15 is 0 Å². The van der Waals surface area contributed by atoms with E-state index in [1.807, 2.05) is 6.92 Å². The van der Waals surface area contributed by atoms with Crippen molar-refractivity contribution in [2.24, 2.45) is 5.41 Å². The van der Waals surface area contributed by atoms with Crippen molar-refractivity contribution in [3.63, 3.8) is 0 Å². The first kappa shape index (κ1) is 16.0. The summed E-state index contributed by atoms with van der Waals surface area (Å²) in [6, 6.07) is 2.35. The summed E-state index contributed by atoms with van der Waals surface area (Å²) in [5, 5.41) is 12.1. The molecule has 0 radical (unpaired) electrons. The van der Waals surface area contributed by atoms with Crippen molar-refractivity contribution >= 4 is 5.91 Å². The Morgan fingerprint density at radius 3 is 2.35 bits per heavy atom. The van der Waals surface area contributed by atoms with E-state index in [0.717, 1.165) is 32.1 Å². The van der Waals surface area contributed by atoms with Crippen molar-refractivity contribution < 1.29 is 4.79 Å². The SMILES string of the molecule is CCCCC(CCC)NC(=O)C(C)(C#N)CC. The molecule has 3 nitrogen and oxygen atoms in total. The average Bonchev–Trinajstić information content (AvgIpc) is 2.35. The van der Waals surface area contributed by atoms with Crippen LogP contribution in [-0.2, 0) is 4.79 Å². The van der Waals surface area contributed by atoms with Gasteiger partial charge in [-0.2, -0.15) is 5.26 Å². The van der Waals surface area contributed by atoms with Gasteiger partial charge in [-0.25, -0.2) is 0 Å². The largest absolute Gasteiger partial charge is 0.352 e. The van der Waals surface area contributed by atoms with Crippen LogP contribution in [0.25, 0.3) is 0 Å². The average molecular weight is 238 g/mol. The number of nitrogens with one attached hydrogen (secondary N) is 1. The zero-order valence-electron chi connectivity index (χ0n) is 11.7. The maximum Gasteiger partial charge on any atom is 0.240 e. The van der Waals surface area contributed by atoms with Crippen LogP contribution in [0.1, 0.15) is 66.2 Å². The highest BCUT2D eigenvalue weighted by molar-refractivity contribution is 5.85. The van der Waals surface area contributed by atoms with Gasteiger partial charge in [0, 0.05) is 6.04 Å². The predicted molar refractivity (Wildman–Crippen MR) is 70.4 cm³/mol. The Balaban J connectivity index is 4.44. The third-order valence-electron chi connectivity index (χ3n) is 3.33. The van der Waals surface area contributed by atoms with Crippen LogP contribution in [0.4, 0.5) is 0 Å². The van der Waals surface area contributed by atoms with Crippen LogP contribution >= 0.6 is 0 Å². The number of amides is 1. The van der Waals surface area contributed by atoms with E-state index in [2.05, 4.69) is 25.2 Å². The number of nitriles is 1. The van der Waals surface area contributed by atoms with Crippen LogP contribution in [0.5, 0.6) is 0 Å². The van der Waals surface area contributed by atoms with E-state index in [1.165, 1.54) is 0 Å².